The smallest absolute Gasteiger partial charge is 0.328 e. The molecule has 2 rings (SSSR count). The van der Waals surface area contributed by atoms with E-state index in [2.05, 4.69) is 15.0 Å². The number of benzene rings is 1. The topological polar surface area (TPSA) is 95.0 Å². The molecule has 0 bridgehead atoms. The van der Waals surface area contributed by atoms with E-state index < -0.39 is 17.9 Å². The van der Waals surface area contributed by atoms with Crippen LogP contribution in [0.5, 0.6) is 0 Å². The number of carbonyl (C=O) groups is 2. The van der Waals surface area contributed by atoms with Gasteiger partial charge in [0.05, 0.1) is 7.11 Å². The number of nitrogens with one attached hydrogen (secondary N) is 2. The van der Waals surface area contributed by atoms with E-state index in [1.165, 1.54) is 13.2 Å². The predicted molar refractivity (Wildman–Crippen MR) is 71.6 cm³/mol. The number of nitrogens with zero attached hydrogens (tertiary/aromatic N) is 1. The minimum atomic E-state index is -0.883. The lowest BCUT2D eigenvalue weighted by molar-refractivity contribution is -0.144. The first kappa shape index (κ1) is 13.6. The van der Waals surface area contributed by atoms with Crippen molar-refractivity contribution in [1.82, 2.24) is 10.3 Å². The van der Waals surface area contributed by atoms with Crippen LogP contribution in [0.4, 0.5) is 0 Å². The van der Waals surface area contributed by atoms with Gasteiger partial charge in [-0.25, -0.2) is 4.79 Å². The molecule has 1 aromatic carbocycles. The third-order valence-corrected chi connectivity index (χ3v) is 2.99. The van der Waals surface area contributed by atoms with Crippen LogP contribution in [-0.2, 0) is 20.7 Å². The number of esters is 1. The number of aromatic nitrogens is 1. The van der Waals surface area contributed by atoms with Gasteiger partial charge in [-0.1, -0.05) is 18.2 Å². The second-order valence-electron chi connectivity index (χ2n) is 4.22. The average Bonchev–Trinajstić information content (AvgIpc) is 2.89. The lowest BCUT2D eigenvalue weighted by Crippen LogP contribution is -2.42. The van der Waals surface area contributed by atoms with Gasteiger partial charge < -0.3 is 15.0 Å². The van der Waals surface area contributed by atoms with E-state index in [1.54, 1.807) is 6.20 Å². The summed E-state index contributed by atoms with van der Waals surface area (Å²) >= 11 is 0. The first-order valence-corrected chi connectivity index (χ1v) is 5.99. The van der Waals surface area contributed by atoms with Gasteiger partial charge in [-0.3, -0.25) is 4.79 Å². The van der Waals surface area contributed by atoms with E-state index in [1.807, 2.05) is 24.3 Å². The Bertz CT molecular complexity index is 684. The summed E-state index contributed by atoms with van der Waals surface area (Å²) in [6.45, 7) is 0. The number of methoxy groups -OCH3 is 1. The summed E-state index contributed by atoms with van der Waals surface area (Å²) in [7, 11) is 1.24. The van der Waals surface area contributed by atoms with Crippen LogP contribution in [-0.4, -0.2) is 30.0 Å². The summed E-state index contributed by atoms with van der Waals surface area (Å²) in [5.41, 5.74) is 1.81. The van der Waals surface area contributed by atoms with E-state index in [0.29, 0.717) is 0 Å². The minimum Gasteiger partial charge on any atom is -0.467 e. The Hall–Kier alpha value is -2.81. The summed E-state index contributed by atoms with van der Waals surface area (Å²) in [6.07, 6.45) is 2.03. The molecule has 0 aliphatic carbocycles. The molecular formula is C14H13N3O3. The van der Waals surface area contributed by atoms with Crippen molar-refractivity contribution in [2.45, 2.75) is 12.5 Å². The quantitative estimate of drug-likeness (QED) is 0.637. The van der Waals surface area contributed by atoms with Gasteiger partial charge in [0, 0.05) is 23.5 Å². The monoisotopic (exact) mass is 271 g/mol. The molecule has 0 radical (unpaired) electrons. The van der Waals surface area contributed by atoms with Crippen LogP contribution >= 0.6 is 0 Å². The fourth-order valence-electron chi connectivity index (χ4n) is 2.05. The highest BCUT2D eigenvalue weighted by molar-refractivity contribution is 5.94. The van der Waals surface area contributed by atoms with Crippen molar-refractivity contribution in [3.05, 3.63) is 36.0 Å². The zero-order valence-corrected chi connectivity index (χ0v) is 10.8. The molecule has 0 unspecified atom stereocenters. The standard InChI is InChI=1S/C14H13N3O3/c1-20-14(19)12(17-13(18)7-15)6-9-8-16-11-5-3-2-4-10(9)11/h2-5,8,12,16H,6H2,1H3,(H,17,18)/t12-/m0/s1. The number of amides is 1. The molecule has 6 nitrogen and oxygen atoms in total. The van der Waals surface area contributed by atoms with E-state index in [0.717, 1.165) is 16.5 Å². The summed E-state index contributed by atoms with van der Waals surface area (Å²) in [6, 6.07) is 8.17. The summed E-state index contributed by atoms with van der Waals surface area (Å²) in [5.74, 6) is -1.45. The molecule has 1 heterocycles. The third kappa shape index (κ3) is 2.78. The third-order valence-electron chi connectivity index (χ3n) is 2.99. The van der Waals surface area contributed by atoms with Gasteiger partial charge in [0.1, 0.15) is 6.04 Å². The van der Waals surface area contributed by atoms with E-state index >= 15 is 0 Å². The Balaban J connectivity index is 2.25. The Kier molecular flexibility index (Phi) is 4.01. The first-order valence-electron chi connectivity index (χ1n) is 5.99. The maximum absolute atomic E-state index is 11.7. The molecule has 0 saturated heterocycles. The van der Waals surface area contributed by atoms with Crippen LogP contribution in [0, 0.1) is 11.3 Å². The number of fused-ring (bicyclic) bond motifs is 1. The van der Waals surface area contributed by atoms with E-state index in [-0.39, 0.29) is 6.42 Å². The first-order chi connectivity index (χ1) is 9.65. The molecule has 102 valence electrons. The van der Waals surface area contributed by atoms with Crippen molar-refractivity contribution in [3.63, 3.8) is 0 Å². The van der Waals surface area contributed by atoms with Crippen LogP contribution in [0.2, 0.25) is 0 Å². The number of hydrogen-bond acceptors (Lipinski definition) is 4. The Morgan fingerprint density at radius 2 is 2.20 bits per heavy atom. The fraction of sp³-hybridized carbons (Fsp3) is 0.214. The molecular weight excluding hydrogens is 258 g/mol. The number of ether oxygens (including phenoxy) is 1. The molecule has 20 heavy (non-hydrogen) atoms. The lowest BCUT2D eigenvalue weighted by atomic mass is 10.0. The number of carbonyl (C=O) groups excluding carboxylic acids is 2. The molecule has 0 aliphatic heterocycles. The normalized spacial score (nSPS) is 11.6. The van der Waals surface area contributed by atoms with Crippen LogP contribution in [0.25, 0.3) is 10.9 Å². The number of rotatable bonds is 4. The molecule has 2 aromatic rings. The molecule has 0 saturated carbocycles. The highest BCUT2D eigenvalue weighted by Gasteiger charge is 2.23. The van der Waals surface area contributed by atoms with Gasteiger partial charge in [0.2, 0.25) is 0 Å². The molecule has 0 spiro atoms. The van der Waals surface area contributed by atoms with Crippen molar-refractivity contribution in [1.29, 1.82) is 5.26 Å². The second-order valence-corrected chi connectivity index (χ2v) is 4.22. The van der Waals surface area contributed by atoms with Crippen molar-refractivity contribution in [2.75, 3.05) is 7.11 Å². The molecule has 0 aliphatic rings. The average molecular weight is 271 g/mol. The van der Waals surface area contributed by atoms with Gasteiger partial charge in [-0.2, -0.15) is 5.26 Å². The Labute approximate surface area is 115 Å². The Morgan fingerprint density at radius 1 is 1.45 bits per heavy atom. The van der Waals surface area contributed by atoms with Gasteiger partial charge in [0.15, 0.2) is 6.07 Å². The molecule has 6 heteroatoms. The molecule has 1 aromatic heterocycles. The van der Waals surface area contributed by atoms with Crippen LogP contribution in [0.15, 0.2) is 30.5 Å². The largest absolute Gasteiger partial charge is 0.467 e. The molecule has 1 amide bonds. The Morgan fingerprint density at radius 3 is 2.90 bits per heavy atom. The fourth-order valence-corrected chi connectivity index (χ4v) is 2.05. The number of H-pyrrole nitrogens is 1. The van der Waals surface area contributed by atoms with Crippen molar-refractivity contribution in [3.8, 4) is 6.07 Å². The predicted octanol–water partition coefficient (Wildman–Crippen LogP) is 0.892. The second kappa shape index (κ2) is 5.89. The minimum absolute atomic E-state index is 0.254. The summed E-state index contributed by atoms with van der Waals surface area (Å²) in [4.78, 5) is 25.9. The summed E-state index contributed by atoms with van der Waals surface area (Å²) < 4.78 is 4.65. The summed E-state index contributed by atoms with van der Waals surface area (Å²) in [5, 5.41) is 11.8. The van der Waals surface area contributed by atoms with Crippen molar-refractivity contribution in [2.24, 2.45) is 0 Å². The zero-order chi connectivity index (χ0) is 14.5. The highest BCUT2D eigenvalue weighted by atomic mass is 16.5. The van der Waals surface area contributed by atoms with Crippen molar-refractivity contribution >= 4 is 22.8 Å². The van der Waals surface area contributed by atoms with Crippen LogP contribution in [0.1, 0.15) is 5.56 Å². The van der Waals surface area contributed by atoms with Gasteiger partial charge >= 0.3 is 11.9 Å². The maximum Gasteiger partial charge on any atom is 0.328 e. The van der Waals surface area contributed by atoms with E-state index in [4.69, 9.17) is 5.26 Å². The van der Waals surface area contributed by atoms with Crippen LogP contribution in [0.3, 0.4) is 0 Å². The maximum atomic E-state index is 11.7. The SMILES string of the molecule is COC(=O)[C@H](Cc1c[nH]c2ccccc12)NC(=O)C#N. The van der Waals surface area contributed by atoms with E-state index in [9.17, 15) is 9.59 Å². The van der Waals surface area contributed by atoms with Gasteiger partial charge in [0.25, 0.3) is 0 Å². The lowest BCUT2D eigenvalue weighted by Gasteiger charge is -2.14. The van der Waals surface area contributed by atoms with Gasteiger partial charge in [-0.05, 0) is 11.6 Å². The van der Waals surface area contributed by atoms with Crippen LogP contribution < -0.4 is 5.32 Å². The molecule has 2 N–H and O–H groups in total. The van der Waals surface area contributed by atoms with Crippen molar-refractivity contribution < 1.29 is 14.3 Å². The number of para-hydroxylation sites is 1. The molecule has 0 fully saturated rings. The number of hydrogen-bond donors (Lipinski definition) is 2. The molecule has 1 atom stereocenters. The zero-order valence-electron chi connectivity index (χ0n) is 10.8. The number of nitriles is 1. The highest BCUT2D eigenvalue weighted by Crippen LogP contribution is 2.19. The number of aromatic amines is 1. The van der Waals surface area contributed by atoms with Gasteiger partial charge in [-0.15, -0.1) is 0 Å².